The molecule has 0 aliphatic carbocycles. The summed E-state index contributed by atoms with van der Waals surface area (Å²) >= 11 is 0. The number of nitrogens with zero attached hydrogens (tertiary/aromatic N) is 2. The summed E-state index contributed by atoms with van der Waals surface area (Å²) in [6.45, 7) is 4.64. The number of aromatic nitrogens is 2. The van der Waals surface area contributed by atoms with Gasteiger partial charge in [-0.25, -0.2) is 4.39 Å². The monoisotopic (exact) mass is 430 g/mol. The first-order chi connectivity index (χ1) is 15.5. The summed E-state index contributed by atoms with van der Waals surface area (Å²) in [6.07, 6.45) is 2.55. The Kier molecular flexibility index (Phi) is 6.47. The van der Waals surface area contributed by atoms with E-state index in [0.29, 0.717) is 24.9 Å². The second-order valence-corrected chi connectivity index (χ2v) is 8.38. The number of fused-ring (bicyclic) bond motifs is 1. The van der Waals surface area contributed by atoms with Crippen LogP contribution < -0.4 is 0 Å². The van der Waals surface area contributed by atoms with E-state index in [4.69, 9.17) is 0 Å². The summed E-state index contributed by atoms with van der Waals surface area (Å²) < 4.78 is 15.7. The van der Waals surface area contributed by atoms with Gasteiger partial charge in [0, 0.05) is 34.8 Å². The molecule has 2 aromatic heterocycles. The molecule has 0 bridgehead atoms. The van der Waals surface area contributed by atoms with Crippen LogP contribution in [0, 0.1) is 5.82 Å². The maximum absolute atomic E-state index is 13.6. The summed E-state index contributed by atoms with van der Waals surface area (Å²) in [5.74, 6) is -0.141. The fourth-order valence-electron chi connectivity index (χ4n) is 4.31. The van der Waals surface area contributed by atoms with Gasteiger partial charge in [-0.1, -0.05) is 44.2 Å². The van der Waals surface area contributed by atoms with E-state index in [9.17, 15) is 14.3 Å². The highest BCUT2D eigenvalue weighted by Gasteiger charge is 2.24. The van der Waals surface area contributed by atoms with E-state index in [1.165, 1.54) is 12.1 Å². The van der Waals surface area contributed by atoms with E-state index in [2.05, 4.69) is 23.4 Å². The molecule has 0 fully saturated rings. The molecule has 0 amide bonds. The molecule has 0 aliphatic heterocycles. The van der Waals surface area contributed by atoms with Gasteiger partial charge >= 0.3 is 0 Å². The van der Waals surface area contributed by atoms with Crippen molar-refractivity contribution in [2.75, 3.05) is 0 Å². The van der Waals surface area contributed by atoms with Crippen LogP contribution in [0.5, 0.6) is 0 Å². The van der Waals surface area contributed by atoms with Crippen molar-refractivity contribution in [1.29, 1.82) is 0 Å². The second-order valence-electron chi connectivity index (χ2n) is 8.38. The molecule has 4 rings (SSSR count). The first-order valence-electron chi connectivity index (χ1n) is 10.9. The van der Waals surface area contributed by atoms with E-state index in [-0.39, 0.29) is 24.1 Å². The van der Waals surface area contributed by atoms with Crippen LogP contribution in [0.3, 0.4) is 0 Å². The van der Waals surface area contributed by atoms with Crippen LogP contribution >= 0.6 is 0 Å². The van der Waals surface area contributed by atoms with E-state index in [1.807, 2.05) is 42.5 Å². The van der Waals surface area contributed by atoms with Gasteiger partial charge in [-0.05, 0) is 53.8 Å². The molecule has 2 heterocycles. The van der Waals surface area contributed by atoms with Crippen LogP contribution in [0.2, 0.25) is 0 Å². The number of aryl methyl sites for hydroxylation is 1. The van der Waals surface area contributed by atoms with Gasteiger partial charge in [-0.2, -0.15) is 0 Å². The molecule has 5 heteroatoms. The number of carbonyl (C=O) groups excluding carboxylic acids is 1. The predicted octanol–water partition coefficient (Wildman–Crippen LogP) is 5.65. The lowest BCUT2D eigenvalue weighted by Gasteiger charge is -2.15. The summed E-state index contributed by atoms with van der Waals surface area (Å²) in [4.78, 5) is 18.0. The zero-order valence-electron chi connectivity index (χ0n) is 18.4. The lowest BCUT2D eigenvalue weighted by Crippen LogP contribution is -2.11. The molecule has 164 valence electrons. The number of rotatable bonds is 8. The van der Waals surface area contributed by atoms with Crippen molar-refractivity contribution in [3.05, 3.63) is 101 Å². The number of Topliss-reactive ketones (excluding diaryl/α,β-unsaturated/α-hetero) is 1. The fraction of sp³-hybridized carbons (Fsp3) is 0.259. The number of aliphatic hydroxyl groups excluding tert-OH is 1. The number of aliphatic hydroxyl groups is 1. The van der Waals surface area contributed by atoms with Crippen molar-refractivity contribution in [3.63, 3.8) is 0 Å². The molecule has 0 aliphatic rings. The molecule has 32 heavy (non-hydrogen) atoms. The third kappa shape index (κ3) is 4.48. The number of carbonyl (C=O) groups is 1. The fourth-order valence-corrected chi connectivity index (χ4v) is 4.31. The quantitative estimate of drug-likeness (QED) is 0.367. The first-order valence-corrected chi connectivity index (χ1v) is 10.9. The minimum Gasteiger partial charge on any atom is -0.392 e. The van der Waals surface area contributed by atoms with Crippen LogP contribution in [0.25, 0.3) is 10.9 Å². The molecule has 2 aromatic carbocycles. The van der Waals surface area contributed by atoms with Gasteiger partial charge in [-0.15, -0.1) is 0 Å². The average molecular weight is 431 g/mol. The molecule has 4 nitrogen and oxygen atoms in total. The maximum atomic E-state index is 13.6. The smallest absolute Gasteiger partial charge is 0.165 e. The average Bonchev–Trinajstić information content (AvgIpc) is 3.12. The highest BCUT2D eigenvalue weighted by atomic mass is 19.1. The molecular weight excluding hydrogens is 403 g/mol. The Hall–Kier alpha value is -3.31. The van der Waals surface area contributed by atoms with Gasteiger partial charge < -0.3 is 9.67 Å². The third-order valence-corrected chi connectivity index (χ3v) is 5.75. The van der Waals surface area contributed by atoms with Crippen LogP contribution in [0.4, 0.5) is 4.39 Å². The number of halogens is 1. The second kappa shape index (κ2) is 9.45. The number of ketones is 1. The Morgan fingerprint density at radius 2 is 1.91 bits per heavy atom. The number of hydrogen-bond donors (Lipinski definition) is 1. The number of benzene rings is 2. The first kappa shape index (κ1) is 21.9. The van der Waals surface area contributed by atoms with Crippen molar-refractivity contribution in [3.8, 4) is 0 Å². The van der Waals surface area contributed by atoms with E-state index >= 15 is 0 Å². The van der Waals surface area contributed by atoms with Crippen LogP contribution in [-0.2, 0) is 19.6 Å². The minimum absolute atomic E-state index is 0.0412. The number of hydrogen-bond acceptors (Lipinski definition) is 3. The normalized spacial score (nSPS) is 11.4. The summed E-state index contributed by atoms with van der Waals surface area (Å²) in [7, 11) is 0. The summed E-state index contributed by atoms with van der Waals surface area (Å²) in [5, 5.41) is 10.6. The van der Waals surface area contributed by atoms with E-state index in [1.54, 1.807) is 12.3 Å². The molecule has 0 unspecified atom stereocenters. The number of pyridine rings is 1. The Bertz CT molecular complexity index is 1250. The zero-order valence-corrected chi connectivity index (χ0v) is 18.4. The van der Waals surface area contributed by atoms with Crippen molar-refractivity contribution in [2.45, 2.75) is 45.8 Å². The van der Waals surface area contributed by atoms with Crippen molar-refractivity contribution in [1.82, 2.24) is 9.55 Å². The molecule has 0 atom stereocenters. The highest BCUT2D eigenvalue weighted by molar-refractivity contribution is 6.10. The van der Waals surface area contributed by atoms with Crippen LogP contribution in [-0.4, -0.2) is 20.4 Å². The lowest BCUT2D eigenvalue weighted by molar-refractivity contribution is 0.0983. The van der Waals surface area contributed by atoms with Crippen molar-refractivity contribution < 1.29 is 14.3 Å². The standard InChI is InChI=1S/C27H27FN2O2/c1-18(2)27-26(25(32)12-10-19-6-5-7-21(28)14-19)23-11-9-20(17-31)15-24(23)30(27)16-22-8-3-4-13-29-22/h3-9,11,13-15,18,31H,10,12,16-17H2,1-2H3. The van der Waals surface area contributed by atoms with Crippen LogP contribution in [0.1, 0.15) is 59.1 Å². The Morgan fingerprint density at radius 1 is 1.06 bits per heavy atom. The van der Waals surface area contributed by atoms with Gasteiger partial charge in [0.1, 0.15) is 5.82 Å². The van der Waals surface area contributed by atoms with E-state index < -0.39 is 0 Å². The van der Waals surface area contributed by atoms with Crippen molar-refractivity contribution >= 4 is 16.7 Å². The van der Waals surface area contributed by atoms with Gasteiger partial charge in [0.25, 0.3) is 0 Å². The van der Waals surface area contributed by atoms with Crippen LogP contribution in [0.15, 0.2) is 66.9 Å². The predicted molar refractivity (Wildman–Crippen MR) is 124 cm³/mol. The van der Waals surface area contributed by atoms with Gasteiger partial charge in [-0.3, -0.25) is 9.78 Å². The Morgan fingerprint density at radius 3 is 2.59 bits per heavy atom. The minimum atomic E-state index is -0.290. The summed E-state index contributed by atoms with van der Waals surface area (Å²) in [6, 6.07) is 17.9. The van der Waals surface area contributed by atoms with E-state index in [0.717, 1.165) is 33.4 Å². The van der Waals surface area contributed by atoms with Gasteiger partial charge in [0.15, 0.2) is 5.78 Å². The summed E-state index contributed by atoms with van der Waals surface area (Å²) in [5.41, 5.74) is 5.10. The molecular formula is C27H27FN2O2. The SMILES string of the molecule is CC(C)c1c(C(=O)CCc2cccc(F)c2)c2ccc(CO)cc2n1Cc1ccccn1. The lowest BCUT2D eigenvalue weighted by atomic mass is 9.96. The molecule has 1 N–H and O–H groups in total. The third-order valence-electron chi connectivity index (χ3n) is 5.75. The van der Waals surface area contributed by atoms with Crippen molar-refractivity contribution in [2.24, 2.45) is 0 Å². The molecule has 0 radical (unpaired) electrons. The Balaban J connectivity index is 1.80. The topological polar surface area (TPSA) is 55.1 Å². The molecule has 0 saturated heterocycles. The maximum Gasteiger partial charge on any atom is 0.165 e. The molecule has 4 aromatic rings. The Labute approximate surface area is 187 Å². The zero-order chi connectivity index (χ0) is 22.7. The molecule has 0 spiro atoms. The highest BCUT2D eigenvalue weighted by Crippen LogP contribution is 2.34. The largest absolute Gasteiger partial charge is 0.392 e. The van der Waals surface area contributed by atoms with Gasteiger partial charge in [0.05, 0.1) is 18.8 Å². The molecule has 0 saturated carbocycles. The van der Waals surface area contributed by atoms with Gasteiger partial charge in [0.2, 0.25) is 0 Å².